The molecular weight excluding hydrogens is 545 g/mol. The second kappa shape index (κ2) is 10.7. The third-order valence-electron chi connectivity index (χ3n) is 8.40. The summed E-state index contributed by atoms with van der Waals surface area (Å²) >= 11 is 0. The normalized spacial score (nSPS) is 19.9. The highest BCUT2D eigenvalue weighted by molar-refractivity contribution is 7.91. The molecular formula is C31H34FN3O5S. The van der Waals surface area contributed by atoms with Crippen molar-refractivity contribution in [3.05, 3.63) is 83.2 Å². The number of benzene rings is 3. The summed E-state index contributed by atoms with van der Waals surface area (Å²) in [6.07, 6.45) is 3.60. The third kappa shape index (κ3) is 5.68. The van der Waals surface area contributed by atoms with Gasteiger partial charge in [0.1, 0.15) is 11.6 Å². The fourth-order valence-corrected chi connectivity index (χ4v) is 7.77. The van der Waals surface area contributed by atoms with Gasteiger partial charge in [-0.3, -0.25) is 9.21 Å². The maximum Gasteiger partial charge on any atom is 0.335 e. The van der Waals surface area contributed by atoms with Gasteiger partial charge < -0.3 is 9.84 Å². The molecule has 216 valence electrons. The van der Waals surface area contributed by atoms with Gasteiger partial charge in [0.05, 0.1) is 29.9 Å². The molecule has 0 aromatic heterocycles. The molecule has 0 bridgehead atoms. The van der Waals surface area contributed by atoms with Crippen LogP contribution < -0.4 is 13.8 Å². The number of aromatic carboxylic acids is 1. The van der Waals surface area contributed by atoms with E-state index in [9.17, 15) is 22.7 Å². The number of nitrogens with one attached hydrogen (secondary N) is 1. The van der Waals surface area contributed by atoms with Gasteiger partial charge in [-0.15, -0.1) is 0 Å². The molecule has 0 amide bonds. The van der Waals surface area contributed by atoms with Gasteiger partial charge in [-0.05, 0) is 104 Å². The molecule has 0 radical (unpaired) electrons. The van der Waals surface area contributed by atoms with Gasteiger partial charge in [-0.1, -0.05) is 12.1 Å². The zero-order valence-electron chi connectivity index (χ0n) is 23.0. The van der Waals surface area contributed by atoms with Gasteiger partial charge in [-0.2, -0.15) is 13.1 Å². The number of piperidine rings is 1. The van der Waals surface area contributed by atoms with Crippen LogP contribution in [0.25, 0.3) is 11.1 Å². The van der Waals surface area contributed by atoms with E-state index >= 15 is 0 Å². The Balaban J connectivity index is 1.19. The van der Waals surface area contributed by atoms with Crippen LogP contribution in [0.2, 0.25) is 0 Å². The molecule has 6 rings (SSSR count). The van der Waals surface area contributed by atoms with Crippen molar-refractivity contribution in [1.82, 2.24) is 9.62 Å². The summed E-state index contributed by atoms with van der Waals surface area (Å²) in [5.41, 5.74) is 4.46. The lowest BCUT2D eigenvalue weighted by molar-refractivity contribution is 0.0697. The molecule has 3 aromatic carbocycles. The van der Waals surface area contributed by atoms with Crippen LogP contribution in [0.1, 0.15) is 60.0 Å². The molecule has 0 atom stereocenters. The topological polar surface area (TPSA) is 99.2 Å². The number of carboxylic acids is 1. The highest BCUT2D eigenvalue weighted by Crippen LogP contribution is 2.47. The number of ether oxygens (including phenoxy) is 1. The second-order valence-electron chi connectivity index (χ2n) is 11.3. The number of rotatable bonds is 8. The highest BCUT2D eigenvalue weighted by Gasteiger charge is 2.48. The molecule has 41 heavy (non-hydrogen) atoms. The predicted octanol–water partition coefficient (Wildman–Crippen LogP) is 5.16. The van der Waals surface area contributed by atoms with Crippen LogP contribution in [0, 0.1) is 5.82 Å². The van der Waals surface area contributed by atoms with Crippen molar-refractivity contribution in [2.75, 3.05) is 30.5 Å². The fraction of sp³-hybridized carbons (Fsp3) is 0.387. The summed E-state index contributed by atoms with van der Waals surface area (Å²) in [5.74, 6) is 0.0197. The molecule has 2 saturated heterocycles. The van der Waals surface area contributed by atoms with Crippen molar-refractivity contribution in [2.24, 2.45) is 0 Å². The van der Waals surface area contributed by atoms with Crippen LogP contribution >= 0.6 is 0 Å². The van der Waals surface area contributed by atoms with Gasteiger partial charge in [0.15, 0.2) is 0 Å². The standard InChI is InChI=1S/C31H34FN3O5S/c1-2-40-29-18-28(22-5-9-25(32)10-6-22)27(21-3-4-21)17-24(29)19-34-15-13-31(14-16-34)20-35(41(38,39)33-31)26-11-7-23(8-12-26)30(36)37/h5-12,17-18,21,33H,2-4,13-16,19-20H2,1H3,(H,36,37). The molecule has 3 aromatic rings. The Bertz CT molecular complexity index is 1550. The number of likely N-dealkylation sites (tertiary alicyclic amines) is 1. The minimum Gasteiger partial charge on any atom is -0.494 e. The minimum atomic E-state index is -3.74. The van der Waals surface area contributed by atoms with E-state index in [0.29, 0.717) is 44.1 Å². The first kappa shape index (κ1) is 27.7. The smallest absolute Gasteiger partial charge is 0.335 e. The van der Waals surface area contributed by atoms with Crippen LogP contribution in [0.15, 0.2) is 60.7 Å². The molecule has 2 aliphatic heterocycles. The van der Waals surface area contributed by atoms with Crippen molar-refractivity contribution in [3.8, 4) is 16.9 Å². The molecule has 2 heterocycles. The third-order valence-corrected chi connectivity index (χ3v) is 10.0. The maximum absolute atomic E-state index is 13.6. The van der Waals surface area contributed by atoms with E-state index in [0.717, 1.165) is 48.4 Å². The van der Waals surface area contributed by atoms with Crippen molar-refractivity contribution >= 4 is 21.9 Å². The summed E-state index contributed by atoms with van der Waals surface area (Å²) in [6.45, 7) is 4.94. The molecule has 0 unspecified atom stereocenters. The average Bonchev–Trinajstić information content (AvgIpc) is 3.76. The monoisotopic (exact) mass is 579 g/mol. The van der Waals surface area contributed by atoms with Crippen LogP contribution in [-0.2, 0) is 16.8 Å². The lowest BCUT2D eigenvalue weighted by Gasteiger charge is -2.38. The van der Waals surface area contributed by atoms with E-state index in [1.54, 1.807) is 12.1 Å². The summed E-state index contributed by atoms with van der Waals surface area (Å²) in [6, 6.07) is 16.9. The lowest BCUT2D eigenvalue weighted by Crippen LogP contribution is -2.52. The van der Waals surface area contributed by atoms with E-state index < -0.39 is 21.7 Å². The molecule has 8 nitrogen and oxygen atoms in total. The maximum atomic E-state index is 13.6. The van der Waals surface area contributed by atoms with Crippen LogP contribution in [0.3, 0.4) is 0 Å². The molecule has 3 fully saturated rings. The molecule has 3 aliphatic rings. The van der Waals surface area contributed by atoms with Crippen LogP contribution in [0.5, 0.6) is 5.75 Å². The summed E-state index contributed by atoms with van der Waals surface area (Å²) in [4.78, 5) is 13.5. The van der Waals surface area contributed by atoms with Gasteiger partial charge in [0, 0.05) is 25.2 Å². The van der Waals surface area contributed by atoms with Crippen LogP contribution in [-0.4, -0.2) is 56.2 Å². The van der Waals surface area contributed by atoms with Gasteiger partial charge >= 0.3 is 16.2 Å². The Hall–Kier alpha value is -3.47. The van der Waals surface area contributed by atoms with Crippen molar-refractivity contribution in [3.63, 3.8) is 0 Å². The van der Waals surface area contributed by atoms with Gasteiger partial charge in [-0.25, -0.2) is 9.18 Å². The number of carboxylic acid groups (broad SMARTS) is 1. The minimum absolute atomic E-state index is 0.114. The van der Waals surface area contributed by atoms with Gasteiger partial charge in [0.2, 0.25) is 0 Å². The number of halogens is 1. The summed E-state index contributed by atoms with van der Waals surface area (Å²) < 4.78 is 50.1. The van der Waals surface area contributed by atoms with Crippen molar-refractivity contribution < 1.29 is 27.4 Å². The quantitative estimate of drug-likeness (QED) is 0.383. The van der Waals surface area contributed by atoms with Gasteiger partial charge in [0.25, 0.3) is 0 Å². The Morgan fingerprint density at radius 1 is 1.07 bits per heavy atom. The molecule has 1 saturated carbocycles. The fourth-order valence-electron chi connectivity index (χ4n) is 6.03. The van der Waals surface area contributed by atoms with Crippen LogP contribution in [0.4, 0.5) is 10.1 Å². The Labute approximate surface area is 239 Å². The zero-order chi connectivity index (χ0) is 28.8. The zero-order valence-corrected chi connectivity index (χ0v) is 23.8. The number of carbonyl (C=O) groups is 1. The van der Waals surface area contributed by atoms with Crippen molar-refractivity contribution in [2.45, 2.75) is 50.6 Å². The number of hydrogen-bond acceptors (Lipinski definition) is 5. The largest absolute Gasteiger partial charge is 0.494 e. The average molecular weight is 580 g/mol. The molecule has 2 N–H and O–H groups in total. The summed E-state index contributed by atoms with van der Waals surface area (Å²) in [5, 5.41) is 9.17. The number of hydrogen-bond donors (Lipinski definition) is 2. The molecule has 10 heteroatoms. The molecule has 1 aliphatic carbocycles. The Morgan fingerprint density at radius 3 is 2.37 bits per heavy atom. The first-order chi connectivity index (χ1) is 19.7. The first-order valence-corrected chi connectivity index (χ1v) is 15.5. The first-order valence-electron chi connectivity index (χ1n) is 14.1. The number of anilines is 1. The van der Waals surface area contributed by atoms with Crippen molar-refractivity contribution in [1.29, 1.82) is 0 Å². The predicted molar refractivity (Wildman–Crippen MR) is 155 cm³/mol. The second-order valence-corrected chi connectivity index (χ2v) is 12.9. The SMILES string of the molecule is CCOc1cc(-c2ccc(F)cc2)c(C2CC2)cc1CN1CCC2(CC1)CN(c1ccc(C(=O)O)cc1)S(=O)(=O)N2. The van der Waals surface area contributed by atoms with E-state index in [1.807, 2.05) is 19.1 Å². The molecule has 1 spiro atoms. The Morgan fingerprint density at radius 2 is 1.76 bits per heavy atom. The number of nitrogens with zero attached hydrogens (tertiary/aromatic N) is 2. The lowest BCUT2D eigenvalue weighted by atomic mass is 9.88. The van der Waals surface area contributed by atoms with E-state index in [4.69, 9.17) is 4.74 Å². The van der Waals surface area contributed by atoms with E-state index in [2.05, 4.69) is 21.8 Å². The Kier molecular flexibility index (Phi) is 7.25. The highest BCUT2D eigenvalue weighted by atomic mass is 32.2. The van der Waals surface area contributed by atoms with E-state index in [1.165, 1.54) is 34.1 Å². The van der Waals surface area contributed by atoms with E-state index in [-0.39, 0.29) is 11.4 Å². The summed E-state index contributed by atoms with van der Waals surface area (Å²) in [7, 11) is -3.74.